The van der Waals surface area contributed by atoms with Crippen molar-refractivity contribution in [2.75, 3.05) is 28.2 Å². The fourth-order valence-corrected chi connectivity index (χ4v) is 4.35. The van der Waals surface area contributed by atoms with Gasteiger partial charge in [-0.05, 0) is 82.4 Å². The van der Waals surface area contributed by atoms with Crippen molar-refractivity contribution in [3.8, 4) is 5.75 Å². The molecule has 0 bridgehead atoms. The van der Waals surface area contributed by atoms with Crippen molar-refractivity contribution >= 4 is 8.32 Å². The molecule has 0 fully saturated rings. The van der Waals surface area contributed by atoms with Gasteiger partial charge >= 0.3 is 0 Å². The number of rotatable bonds is 8. The maximum Gasteiger partial charge on any atom is 0.250 e. The Morgan fingerprint density at radius 3 is 1.50 bits per heavy atom. The quantitative estimate of drug-likeness (QED) is 0.509. The van der Waals surface area contributed by atoms with Crippen LogP contribution in [0.25, 0.3) is 0 Å². The highest BCUT2D eigenvalue weighted by Crippen LogP contribution is 2.39. The van der Waals surface area contributed by atoms with Crippen LogP contribution in [0.2, 0.25) is 18.1 Å². The van der Waals surface area contributed by atoms with E-state index >= 15 is 0 Å². The number of hydrogen-bond acceptors (Lipinski definition) is 3. The highest BCUT2D eigenvalue weighted by atomic mass is 28.4. The van der Waals surface area contributed by atoms with Crippen LogP contribution in [0, 0.1) is 0 Å². The average Bonchev–Trinajstić information content (AvgIpc) is 2.45. The Labute approximate surface area is 163 Å². The van der Waals surface area contributed by atoms with Gasteiger partial charge < -0.3 is 14.2 Å². The van der Waals surface area contributed by atoms with Crippen LogP contribution in [0.15, 0.2) is 18.2 Å². The maximum atomic E-state index is 6.70. The smallest absolute Gasteiger partial charge is 0.250 e. The van der Waals surface area contributed by atoms with Crippen LogP contribution < -0.4 is 4.43 Å². The van der Waals surface area contributed by atoms with Crippen LogP contribution in [0.5, 0.6) is 5.75 Å². The topological polar surface area (TPSA) is 15.7 Å². The van der Waals surface area contributed by atoms with Gasteiger partial charge in [0.05, 0.1) is 0 Å². The minimum absolute atomic E-state index is 0.195. The molecule has 0 saturated heterocycles. The van der Waals surface area contributed by atoms with Crippen LogP contribution in [0.4, 0.5) is 0 Å². The summed E-state index contributed by atoms with van der Waals surface area (Å²) < 4.78 is 6.70. The van der Waals surface area contributed by atoms with Gasteiger partial charge in [0.2, 0.25) is 8.32 Å². The fraction of sp³-hybridized carbons (Fsp3) is 0.727. The summed E-state index contributed by atoms with van der Waals surface area (Å²) in [6.07, 6.45) is 2.18. The SMILES string of the molecule is CC[C@H](c1cc(O[Si](C)(C)C(C)(C)C)cc([C@@H](CC)N(C)C)c1)N(C)C. The summed E-state index contributed by atoms with van der Waals surface area (Å²) in [5.74, 6) is 1.05. The Morgan fingerprint density at radius 2 is 1.23 bits per heavy atom. The molecule has 0 aliphatic rings. The van der Waals surface area contributed by atoms with Crippen molar-refractivity contribution in [1.29, 1.82) is 0 Å². The third-order valence-electron chi connectivity index (χ3n) is 5.92. The molecule has 4 heteroatoms. The second kappa shape index (κ2) is 8.90. The molecule has 0 unspecified atom stereocenters. The molecule has 0 heterocycles. The van der Waals surface area contributed by atoms with E-state index in [1.54, 1.807) is 0 Å². The van der Waals surface area contributed by atoms with E-state index in [0.717, 1.165) is 18.6 Å². The number of hydrogen-bond donors (Lipinski definition) is 0. The molecule has 1 aromatic carbocycles. The Hall–Kier alpha value is -0.843. The Balaban J connectivity index is 3.45. The molecule has 0 saturated carbocycles. The van der Waals surface area contributed by atoms with E-state index in [1.807, 2.05) is 0 Å². The van der Waals surface area contributed by atoms with E-state index in [0.29, 0.717) is 12.1 Å². The molecule has 0 aliphatic heterocycles. The zero-order valence-corrected chi connectivity index (χ0v) is 20.1. The zero-order chi connectivity index (χ0) is 20.3. The molecule has 1 rings (SSSR count). The van der Waals surface area contributed by atoms with Crippen molar-refractivity contribution in [2.24, 2.45) is 0 Å². The van der Waals surface area contributed by atoms with Crippen molar-refractivity contribution in [3.05, 3.63) is 29.3 Å². The van der Waals surface area contributed by atoms with E-state index in [2.05, 4.69) is 104 Å². The monoisotopic (exact) mass is 378 g/mol. The molecule has 26 heavy (non-hydrogen) atoms. The second-order valence-electron chi connectivity index (χ2n) is 9.47. The predicted octanol–water partition coefficient (Wildman–Crippen LogP) is 6.10. The molecule has 0 radical (unpaired) electrons. The highest BCUT2D eigenvalue weighted by molar-refractivity contribution is 6.74. The molecule has 0 aliphatic carbocycles. The summed E-state index contributed by atoms with van der Waals surface area (Å²) in [4.78, 5) is 4.62. The summed E-state index contributed by atoms with van der Waals surface area (Å²) in [6, 6.07) is 7.77. The molecule has 2 atom stereocenters. The van der Waals surface area contributed by atoms with E-state index in [-0.39, 0.29) is 5.04 Å². The average molecular weight is 379 g/mol. The highest BCUT2D eigenvalue weighted by Gasteiger charge is 2.39. The van der Waals surface area contributed by atoms with Gasteiger partial charge in [0.1, 0.15) is 5.75 Å². The van der Waals surface area contributed by atoms with Crippen LogP contribution in [0.1, 0.15) is 70.7 Å². The number of benzene rings is 1. The van der Waals surface area contributed by atoms with Gasteiger partial charge in [-0.1, -0.05) is 40.7 Å². The normalized spacial score (nSPS) is 15.4. The first-order chi connectivity index (χ1) is 11.8. The van der Waals surface area contributed by atoms with E-state index in [4.69, 9.17) is 4.43 Å². The molecule has 0 N–H and O–H groups in total. The van der Waals surface area contributed by atoms with Gasteiger partial charge in [-0.2, -0.15) is 0 Å². The summed E-state index contributed by atoms with van der Waals surface area (Å²) in [7, 11) is 6.80. The van der Waals surface area contributed by atoms with E-state index in [1.165, 1.54) is 11.1 Å². The van der Waals surface area contributed by atoms with Gasteiger partial charge in [0.25, 0.3) is 0 Å². The minimum Gasteiger partial charge on any atom is -0.543 e. The molecule has 0 aromatic heterocycles. The lowest BCUT2D eigenvalue weighted by Gasteiger charge is -2.37. The molecular formula is C22H42N2OSi. The van der Waals surface area contributed by atoms with Crippen molar-refractivity contribution in [2.45, 2.75) is 77.7 Å². The lowest BCUT2D eigenvalue weighted by molar-refractivity contribution is 0.283. The molecule has 1 aromatic rings. The third-order valence-corrected chi connectivity index (χ3v) is 10.3. The lowest BCUT2D eigenvalue weighted by atomic mass is 9.96. The van der Waals surface area contributed by atoms with E-state index in [9.17, 15) is 0 Å². The van der Waals surface area contributed by atoms with Gasteiger partial charge in [-0.15, -0.1) is 0 Å². The predicted molar refractivity (Wildman–Crippen MR) is 118 cm³/mol. The van der Waals surface area contributed by atoms with Crippen LogP contribution in [-0.4, -0.2) is 46.3 Å². The first-order valence-electron chi connectivity index (χ1n) is 10.0. The van der Waals surface area contributed by atoms with E-state index < -0.39 is 8.32 Å². The molecule has 150 valence electrons. The largest absolute Gasteiger partial charge is 0.543 e. The zero-order valence-electron chi connectivity index (χ0n) is 19.1. The Bertz CT molecular complexity index is 542. The molecular weight excluding hydrogens is 336 g/mol. The standard InChI is InChI=1S/C22H42N2OSi/c1-12-20(23(6)7)17-14-18(21(13-2)24(8)9)16-19(15-17)25-26(10,11)22(3,4)5/h14-16,20-21H,12-13H2,1-11H3/t20-,21-/m1/s1. The van der Waals surface area contributed by atoms with Gasteiger partial charge in [-0.25, -0.2) is 0 Å². The van der Waals surface area contributed by atoms with Gasteiger partial charge in [-0.3, -0.25) is 0 Å². The first-order valence-corrected chi connectivity index (χ1v) is 12.9. The summed E-state index contributed by atoms with van der Waals surface area (Å²) in [6.45, 7) is 16.1. The van der Waals surface area contributed by atoms with Crippen LogP contribution >= 0.6 is 0 Å². The molecule has 3 nitrogen and oxygen atoms in total. The Kier molecular flexibility index (Phi) is 7.94. The third kappa shape index (κ3) is 5.58. The molecule has 0 spiro atoms. The van der Waals surface area contributed by atoms with Crippen molar-refractivity contribution < 1.29 is 4.43 Å². The summed E-state index contributed by atoms with van der Waals surface area (Å²) in [5.41, 5.74) is 2.73. The molecule has 0 amide bonds. The van der Waals surface area contributed by atoms with Crippen LogP contribution in [0.3, 0.4) is 0 Å². The van der Waals surface area contributed by atoms with Gasteiger partial charge in [0.15, 0.2) is 0 Å². The minimum atomic E-state index is -1.86. The Morgan fingerprint density at radius 1 is 0.846 bits per heavy atom. The summed E-state index contributed by atoms with van der Waals surface area (Å²) in [5, 5.41) is 0.195. The van der Waals surface area contributed by atoms with Crippen molar-refractivity contribution in [3.63, 3.8) is 0 Å². The fourth-order valence-electron chi connectivity index (χ4n) is 3.34. The lowest BCUT2D eigenvalue weighted by Crippen LogP contribution is -2.44. The maximum absolute atomic E-state index is 6.70. The van der Waals surface area contributed by atoms with Gasteiger partial charge in [0, 0.05) is 12.1 Å². The second-order valence-corrected chi connectivity index (χ2v) is 14.2. The van der Waals surface area contributed by atoms with Crippen molar-refractivity contribution in [1.82, 2.24) is 9.80 Å². The van der Waals surface area contributed by atoms with Crippen LogP contribution in [-0.2, 0) is 0 Å². The first kappa shape index (κ1) is 23.2. The number of nitrogens with zero attached hydrogens (tertiary/aromatic N) is 2. The summed E-state index contributed by atoms with van der Waals surface area (Å²) >= 11 is 0.